The fraction of sp³-hybridized carbons (Fsp3) is 0.500. The smallest absolute Gasteiger partial charge is 0.256 e. The molecule has 25 heavy (non-hydrogen) atoms. The van der Waals surface area contributed by atoms with E-state index < -0.39 is 23.6 Å². The number of ether oxygens (including phenoxy) is 1. The van der Waals surface area contributed by atoms with Gasteiger partial charge in [-0.2, -0.15) is 0 Å². The van der Waals surface area contributed by atoms with Gasteiger partial charge in [0.1, 0.15) is 17.7 Å². The van der Waals surface area contributed by atoms with E-state index in [0.717, 1.165) is 18.7 Å². The Hall–Kier alpha value is -1.77. The summed E-state index contributed by atoms with van der Waals surface area (Å²) >= 11 is 0. The van der Waals surface area contributed by atoms with Crippen molar-refractivity contribution in [1.29, 1.82) is 0 Å². The molecule has 0 spiro atoms. The second-order valence-electron chi connectivity index (χ2n) is 5.81. The van der Waals surface area contributed by atoms with Gasteiger partial charge in [0.2, 0.25) is 0 Å². The van der Waals surface area contributed by atoms with Gasteiger partial charge in [-0.15, -0.1) is 12.4 Å². The maximum absolute atomic E-state index is 13.7. The first-order valence-corrected chi connectivity index (χ1v) is 7.91. The van der Waals surface area contributed by atoms with Gasteiger partial charge >= 0.3 is 0 Å². The Kier molecular flexibility index (Phi) is 6.69. The predicted molar refractivity (Wildman–Crippen MR) is 88.7 cm³/mol. The number of carbonyl (C=O) groups excluding carboxylic acids is 2. The molecule has 0 aromatic heterocycles. The molecular weight excluding hydrogens is 356 g/mol. The molecule has 138 valence electrons. The van der Waals surface area contributed by atoms with Crippen molar-refractivity contribution in [2.75, 3.05) is 45.9 Å². The van der Waals surface area contributed by atoms with Crippen LogP contribution in [0.4, 0.5) is 8.78 Å². The molecule has 1 aromatic carbocycles. The fourth-order valence-electron chi connectivity index (χ4n) is 2.89. The van der Waals surface area contributed by atoms with Gasteiger partial charge in [0.15, 0.2) is 0 Å². The number of nitrogens with one attached hydrogen (secondary N) is 1. The summed E-state index contributed by atoms with van der Waals surface area (Å²) in [6.07, 6.45) is -0.490. The van der Waals surface area contributed by atoms with Crippen LogP contribution in [0.2, 0.25) is 0 Å². The van der Waals surface area contributed by atoms with Gasteiger partial charge in [-0.05, 0) is 12.1 Å². The van der Waals surface area contributed by atoms with Gasteiger partial charge in [0.25, 0.3) is 11.8 Å². The van der Waals surface area contributed by atoms with Gasteiger partial charge in [0, 0.05) is 45.3 Å². The van der Waals surface area contributed by atoms with Gasteiger partial charge in [-0.25, -0.2) is 8.78 Å². The average Bonchev–Trinajstić information content (AvgIpc) is 2.61. The van der Waals surface area contributed by atoms with E-state index in [9.17, 15) is 18.4 Å². The summed E-state index contributed by atoms with van der Waals surface area (Å²) in [5.41, 5.74) is -0.156. The second-order valence-corrected chi connectivity index (χ2v) is 5.81. The van der Waals surface area contributed by atoms with Gasteiger partial charge in [-0.3, -0.25) is 9.59 Å². The van der Waals surface area contributed by atoms with E-state index in [1.807, 2.05) is 0 Å². The number of rotatable bonds is 2. The highest BCUT2D eigenvalue weighted by Gasteiger charge is 2.31. The molecule has 2 fully saturated rings. The van der Waals surface area contributed by atoms with Crippen LogP contribution in [0.5, 0.6) is 0 Å². The number of halogens is 3. The molecule has 1 N–H and O–H groups in total. The summed E-state index contributed by atoms with van der Waals surface area (Å²) in [5.74, 6) is -2.18. The zero-order valence-corrected chi connectivity index (χ0v) is 14.4. The SMILES string of the molecule is Cl.O=C(c1ccc(F)cc1F)N1CCN(C(=O)C2CNCCO2)CC1. The molecule has 2 aliphatic rings. The molecule has 2 saturated heterocycles. The number of hydrogen-bond acceptors (Lipinski definition) is 4. The maximum Gasteiger partial charge on any atom is 0.256 e. The minimum absolute atomic E-state index is 0. The number of carbonyl (C=O) groups is 2. The molecule has 1 aromatic rings. The lowest BCUT2D eigenvalue weighted by atomic mass is 10.1. The molecule has 9 heteroatoms. The normalized spacial score (nSPS) is 20.8. The highest BCUT2D eigenvalue weighted by atomic mass is 35.5. The minimum Gasteiger partial charge on any atom is -0.366 e. The standard InChI is InChI=1S/C16H19F2N3O3.ClH/c17-11-1-2-12(13(18)9-11)15(22)20-4-6-21(7-5-20)16(23)14-10-19-3-8-24-14;/h1-2,9,14,19H,3-8,10H2;1H. The van der Waals surface area contributed by atoms with Crippen LogP contribution in [0.25, 0.3) is 0 Å². The van der Waals surface area contributed by atoms with Crippen molar-refractivity contribution in [3.63, 3.8) is 0 Å². The first-order valence-electron chi connectivity index (χ1n) is 7.91. The van der Waals surface area contributed by atoms with Crippen LogP contribution in [0.3, 0.4) is 0 Å². The van der Waals surface area contributed by atoms with Gasteiger partial charge in [-0.1, -0.05) is 0 Å². The van der Waals surface area contributed by atoms with Gasteiger partial charge < -0.3 is 19.9 Å². The van der Waals surface area contributed by atoms with E-state index in [2.05, 4.69) is 5.32 Å². The molecule has 2 aliphatic heterocycles. The topological polar surface area (TPSA) is 61.9 Å². The third-order valence-electron chi connectivity index (χ3n) is 4.24. The summed E-state index contributed by atoms with van der Waals surface area (Å²) in [4.78, 5) is 27.8. The number of amides is 2. The number of morpholine rings is 1. The van der Waals surface area contributed by atoms with Crippen LogP contribution in [0, 0.1) is 11.6 Å². The van der Waals surface area contributed by atoms with E-state index in [1.54, 1.807) is 4.90 Å². The second kappa shape index (κ2) is 8.55. The maximum atomic E-state index is 13.7. The predicted octanol–water partition coefficient (Wildman–Crippen LogP) is 0.659. The van der Waals surface area contributed by atoms with Gasteiger partial charge in [0.05, 0.1) is 12.2 Å². The number of piperazine rings is 1. The van der Waals surface area contributed by atoms with E-state index >= 15 is 0 Å². The van der Waals surface area contributed by atoms with Crippen LogP contribution in [-0.4, -0.2) is 73.6 Å². The van der Waals surface area contributed by atoms with E-state index in [-0.39, 0.29) is 23.9 Å². The Morgan fingerprint density at radius 1 is 1.12 bits per heavy atom. The Morgan fingerprint density at radius 2 is 1.80 bits per heavy atom. The third-order valence-corrected chi connectivity index (χ3v) is 4.24. The molecule has 1 atom stereocenters. The van der Waals surface area contributed by atoms with Crippen molar-refractivity contribution in [1.82, 2.24) is 15.1 Å². The minimum atomic E-state index is -0.875. The highest BCUT2D eigenvalue weighted by molar-refractivity contribution is 5.94. The van der Waals surface area contributed by atoms with Crippen molar-refractivity contribution >= 4 is 24.2 Å². The zero-order chi connectivity index (χ0) is 17.1. The molecule has 0 aliphatic carbocycles. The van der Waals surface area contributed by atoms with Crippen LogP contribution < -0.4 is 5.32 Å². The fourth-order valence-corrected chi connectivity index (χ4v) is 2.89. The van der Waals surface area contributed by atoms with Crippen molar-refractivity contribution in [3.8, 4) is 0 Å². The Balaban J connectivity index is 0.00000225. The van der Waals surface area contributed by atoms with E-state index in [4.69, 9.17) is 4.74 Å². The van der Waals surface area contributed by atoms with Crippen LogP contribution in [-0.2, 0) is 9.53 Å². The molecule has 2 amide bonds. The third kappa shape index (κ3) is 4.45. The van der Waals surface area contributed by atoms with Crippen molar-refractivity contribution in [3.05, 3.63) is 35.4 Å². The molecule has 2 heterocycles. The average molecular weight is 376 g/mol. The highest BCUT2D eigenvalue weighted by Crippen LogP contribution is 2.15. The molecule has 0 saturated carbocycles. The molecule has 0 radical (unpaired) electrons. The lowest BCUT2D eigenvalue weighted by Gasteiger charge is -2.37. The van der Waals surface area contributed by atoms with E-state index in [0.29, 0.717) is 45.4 Å². The summed E-state index contributed by atoms with van der Waals surface area (Å²) < 4.78 is 32.1. The summed E-state index contributed by atoms with van der Waals surface area (Å²) in [5, 5.41) is 3.10. The number of hydrogen-bond donors (Lipinski definition) is 1. The molecule has 0 bridgehead atoms. The largest absolute Gasteiger partial charge is 0.366 e. The summed E-state index contributed by atoms with van der Waals surface area (Å²) in [7, 11) is 0. The Bertz CT molecular complexity index is 633. The van der Waals surface area contributed by atoms with Crippen LogP contribution in [0.1, 0.15) is 10.4 Å². The Morgan fingerprint density at radius 3 is 2.40 bits per heavy atom. The lowest BCUT2D eigenvalue weighted by molar-refractivity contribution is -0.146. The molecule has 3 rings (SSSR count). The molecule has 1 unspecified atom stereocenters. The van der Waals surface area contributed by atoms with Crippen LogP contribution in [0.15, 0.2) is 18.2 Å². The monoisotopic (exact) mass is 375 g/mol. The van der Waals surface area contributed by atoms with Crippen molar-refractivity contribution < 1.29 is 23.1 Å². The quantitative estimate of drug-likeness (QED) is 0.825. The number of nitrogens with zero attached hydrogens (tertiary/aromatic N) is 2. The van der Waals surface area contributed by atoms with Crippen molar-refractivity contribution in [2.24, 2.45) is 0 Å². The molecule has 6 nitrogen and oxygen atoms in total. The Labute approximate surface area is 150 Å². The molecular formula is C16H20ClF2N3O3. The summed E-state index contributed by atoms with van der Waals surface area (Å²) in [6.45, 7) is 3.07. The number of benzene rings is 1. The summed E-state index contributed by atoms with van der Waals surface area (Å²) in [6, 6.07) is 2.90. The first kappa shape index (κ1) is 19.6. The lowest BCUT2D eigenvalue weighted by Crippen LogP contribution is -2.56. The van der Waals surface area contributed by atoms with Crippen LogP contribution >= 0.6 is 12.4 Å². The first-order chi connectivity index (χ1) is 11.6. The van der Waals surface area contributed by atoms with E-state index in [1.165, 1.54) is 4.90 Å². The van der Waals surface area contributed by atoms with Crippen molar-refractivity contribution in [2.45, 2.75) is 6.10 Å². The zero-order valence-electron chi connectivity index (χ0n) is 13.5.